The average Bonchev–Trinajstić information content (AvgIpc) is 2.44. The Morgan fingerprint density at radius 3 is 2.71 bits per heavy atom. The van der Waals surface area contributed by atoms with E-state index in [1.807, 2.05) is 37.3 Å². The van der Waals surface area contributed by atoms with E-state index in [1.54, 1.807) is 0 Å². The Labute approximate surface area is 128 Å². The maximum atomic E-state index is 12.1. The number of benzene rings is 1. The lowest BCUT2D eigenvalue weighted by atomic mass is 9.84. The zero-order chi connectivity index (χ0) is 15.3. The molecular formula is C18H27NO2. The highest BCUT2D eigenvalue weighted by Gasteiger charge is 2.28. The van der Waals surface area contributed by atoms with Gasteiger partial charge in [0.2, 0.25) is 0 Å². The van der Waals surface area contributed by atoms with E-state index in [1.165, 1.54) is 12.8 Å². The third-order valence-electron chi connectivity index (χ3n) is 4.14. The van der Waals surface area contributed by atoms with Gasteiger partial charge in [-0.2, -0.15) is 0 Å². The number of rotatable bonds is 5. The van der Waals surface area contributed by atoms with E-state index in [4.69, 9.17) is 4.74 Å². The van der Waals surface area contributed by atoms with Gasteiger partial charge < -0.3 is 9.64 Å². The summed E-state index contributed by atoms with van der Waals surface area (Å²) in [5.74, 6) is -0.162. The first-order valence-electron chi connectivity index (χ1n) is 7.89. The summed E-state index contributed by atoms with van der Waals surface area (Å²) in [4.78, 5) is 14.5. The maximum absolute atomic E-state index is 12.1. The Morgan fingerprint density at radius 1 is 1.33 bits per heavy atom. The lowest BCUT2D eigenvalue weighted by Gasteiger charge is -2.38. The molecule has 0 N–H and O–H groups in total. The first-order chi connectivity index (χ1) is 9.96. The van der Waals surface area contributed by atoms with Crippen LogP contribution in [0.25, 0.3) is 0 Å². The number of hydrogen-bond acceptors (Lipinski definition) is 3. The van der Waals surface area contributed by atoms with Crippen molar-refractivity contribution in [2.45, 2.75) is 40.2 Å². The molecular weight excluding hydrogens is 262 g/mol. The molecule has 1 aliphatic heterocycles. The van der Waals surface area contributed by atoms with Gasteiger partial charge in [-0.1, -0.05) is 51.1 Å². The number of likely N-dealkylation sites (tertiary alicyclic amines) is 1. The van der Waals surface area contributed by atoms with Crippen LogP contribution in [0.5, 0.6) is 0 Å². The smallest absolute Gasteiger partial charge is 0.310 e. The van der Waals surface area contributed by atoms with Crippen LogP contribution < -0.4 is 0 Å². The van der Waals surface area contributed by atoms with E-state index in [9.17, 15) is 4.79 Å². The van der Waals surface area contributed by atoms with Gasteiger partial charge in [0, 0.05) is 13.1 Å². The second-order valence-corrected chi connectivity index (χ2v) is 7.00. The third kappa shape index (κ3) is 5.16. The Kier molecular flexibility index (Phi) is 5.40. The number of carbonyl (C=O) groups excluding carboxylic acids is 1. The average molecular weight is 289 g/mol. The van der Waals surface area contributed by atoms with Crippen LogP contribution in [0.15, 0.2) is 30.3 Å². The van der Waals surface area contributed by atoms with Crippen molar-refractivity contribution in [1.82, 2.24) is 4.90 Å². The molecule has 3 nitrogen and oxygen atoms in total. The minimum Gasteiger partial charge on any atom is -0.461 e. The van der Waals surface area contributed by atoms with Crippen molar-refractivity contribution in [3.05, 3.63) is 35.9 Å². The van der Waals surface area contributed by atoms with Gasteiger partial charge in [-0.25, -0.2) is 0 Å². The third-order valence-corrected chi connectivity index (χ3v) is 4.14. The first-order valence-corrected chi connectivity index (χ1v) is 7.89. The second-order valence-electron chi connectivity index (χ2n) is 7.00. The van der Waals surface area contributed by atoms with Crippen molar-refractivity contribution in [1.29, 1.82) is 0 Å². The van der Waals surface area contributed by atoms with Gasteiger partial charge in [-0.15, -0.1) is 0 Å². The SMILES string of the molecule is CC(CN1CCCC(C)(C)C1)C(=O)OCc1ccccc1. The Bertz CT molecular complexity index is 456. The summed E-state index contributed by atoms with van der Waals surface area (Å²) < 4.78 is 5.42. The Balaban J connectivity index is 1.77. The van der Waals surface area contributed by atoms with Gasteiger partial charge >= 0.3 is 5.97 Å². The predicted molar refractivity (Wildman–Crippen MR) is 84.9 cm³/mol. The van der Waals surface area contributed by atoms with E-state index in [2.05, 4.69) is 18.7 Å². The fourth-order valence-corrected chi connectivity index (χ4v) is 3.03. The molecule has 0 saturated carbocycles. The first kappa shape index (κ1) is 16.0. The fraction of sp³-hybridized carbons (Fsp3) is 0.611. The maximum Gasteiger partial charge on any atom is 0.310 e. The zero-order valence-electron chi connectivity index (χ0n) is 13.5. The highest BCUT2D eigenvalue weighted by Crippen LogP contribution is 2.28. The topological polar surface area (TPSA) is 29.5 Å². The molecule has 21 heavy (non-hydrogen) atoms. The van der Waals surface area contributed by atoms with Gasteiger partial charge in [0.25, 0.3) is 0 Å². The van der Waals surface area contributed by atoms with E-state index in [0.29, 0.717) is 12.0 Å². The fourth-order valence-electron chi connectivity index (χ4n) is 3.03. The number of esters is 1. The number of ether oxygens (including phenoxy) is 1. The van der Waals surface area contributed by atoms with Crippen LogP contribution in [-0.2, 0) is 16.1 Å². The molecule has 1 aliphatic rings. The number of carbonyl (C=O) groups is 1. The predicted octanol–water partition coefficient (Wildman–Crippen LogP) is 3.49. The molecule has 0 radical (unpaired) electrons. The highest BCUT2D eigenvalue weighted by molar-refractivity contribution is 5.72. The molecule has 0 bridgehead atoms. The van der Waals surface area contributed by atoms with Crippen LogP contribution >= 0.6 is 0 Å². The lowest BCUT2D eigenvalue weighted by molar-refractivity contribution is -0.150. The van der Waals surface area contributed by atoms with E-state index >= 15 is 0 Å². The van der Waals surface area contributed by atoms with Crippen LogP contribution in [0.4, 0.5) is 0 Å². The molecule has 0 aliphatic carbocycles. The van der Waals surface area contributed by atoms with E-state index < -0.39 is 0 Å². The number of piperidine rings is 1. The monoisotopic (exact) mass is 289 g/mol. The van der Waals surface area contributed by atoms with Crippen LogP contribution in [-0.4, -0.2) is 30.5 Å². The van der Waals surface area contributed by atoms with E-state index in [-0.39, 0.29) is 11.9 Å². The van der Waals surface area contributed by atoms with Crippen molar-refractivity contribution in [3.8, 4) is 0 Å². The van der Waals surface area contributed by atoms with Crippen molar-refractivity contribution < 1.29 is 9.53 Å². The van der Waals surface area contributed by atoms with Crippen molar-refractivity contribution in [2.24, 2.45) is 11.3 Å². The molecule has 1 aromatic carbocycles. The minimum absolute atomic E-state index is 0.0670. The summed E-state index contributed by atoms with van der Waals surface area (Å²) in [5, 5.41) is 0. The van der Waals surface area contributed by atoms with Crippen molar-refractivity contribution in [3.63, 3.8) is 0 Å². The lowest BCUT2D eigenvalue weighted by Crippen LogP contribution is -2.43. The number of nitrogens with zero attached hydrogens (tertiary/aromatic N) is 1. The molecule has 0 spiro atoms. The summed E-state index contributed by atoms with van der Waals surface area (Å²) in [6, 6.07) is 9.84. The minimum atomic E-state index is -0.0952. The summed E-state index contributed by atoms with van der Waals surface area (Å²) in [6.45, 7) is 9.92. The molecule has 0 amide bonds. The summed E-state index contributed by atoms with van der Waals surface area (Å²) >= 11 is 0. The van der Waals surface area contributed by atoms with Crippen molar-refractivity contribution >= 4 is 5.97 Å². The quantitative estimate of drug-likeness (QED) is 0.777. The van der Waals surface area contributed by atoms with Gasteiger partial charge in [-0.05, 0) is 30.4 Å². The molecule has 1 saturated heterocycles. The molecule has 3 heteroatoms. The highest BCUT2D eigenvalue weighted by atomic mass is 16.5. The summed E-state index contributed by atoms with van der Waals surface area (Å²) in [6.07, 6.45) is 2.50. The van der Waals surface area contributed by atoms with Gasteiger partial charge in [0.1, 0.15) is 6.61 Å². The molecule has 116 valence electrons. The summed E-state index contributed by atoms with van der Waals surface area (Å²) in [5.41, 5.74) is 1.41. The molecule has 1 aromatic rings. The second kappa shape index (κ2) is 7.08. The molecule has 1 atom stereocenters. The standard InChI is InChI=1S/C18H27NO2/c1-15(12-19-11-7-10-18(2,3)14-19)17(20)21-13-16-8-5-4-6-9-16/h4-6,8-9,15H,7,10-14H2,1-3H3. The molecule has 1 unspecified atom stereocenters. The zero-order valence-corrected chi connectivity index (χ0v) is 13.5. The van der Waals surface area contributed by atoms with Gasteiger partial charge in [0.05, 0.1) is 5.92 Å². The largest absolute Gasteiger partial charge is 0.461 e. The summed E-state index contributed by atoms with van der Waals surface area (Å²) in [7, 11) is 0. The van der Waals surface area contributed by atoms with Crippen LogP contribution in [0, 0.1) is 11.3 Å². The molecule has 1 fully saturated rings. The Morgan fingerprint density at radius 2 is 2.05 bits per heavy atom. The van der Waals surface area contributed by atoms with Crippen molar-refractivity contribution in [2.75, 3.05) is 19.6 Å². The van der Waals surface area contributed by atoms with Gasteiger partial charge in [-0.3, -0.25) is 4.79 Å². The van der Waals surface area contributed by atoms with E-state index in [0.717, 1.165) is 25.2 Å². The number of hydrogen-bond donors (Lipinski definition) is 0. The van der Waals surface area contributed by atoms with Crippen LogP contribution in [0.3, 0.4) is 0 Å². The molecule has 0 aromatic heterocycles. The van der Waals surface area contributed by atoms with Crippen LogP contribution in [0.2, 0.25) is 0 Å². The Hall–Kier alpha value is -1.35. The van der Waals surface area contributed by atoms with Gasteiger partial charge in [0.15, 0.2) is 0 Å². The van der Waals surface area contributed by atoms with Crippen LogP contribution in [0.1, 0.15) is 39.2 Å². The molecule has 2 rings (SSSR count). The normalized spacial score (nSPS) is 20.0. The molecule has 1 heterocycles.